The van der Waals surface area contributed by atoms with Crippen LogP contribution in [0, 0.1) is 11.8 Å². The summed E-state index contributed by atoms with van der Waals surface area (Å²) in [6.07, 6.45) is 2.35. The van der Waals surface area contributed by atoms with Gasteiger partial charge in [-0.25, -0.2) is 0 Å². The summed E-state index contributed by atoms with van der Waals surface area (Å²) in [4.78, 5) is 0. The van der Waals surface area contributed by atoms with E-state index in [4.69, 9.17) is 0 Å². The van der Waals surface area contributed by atoms with Gasteiger partial charge in [0, 0.05) is 5.75 Å². The van der Waals surface area contributed by atoms with Gasteiger partial charge < -0.3 is 0 Å². The summed E-state index contributed by atoms with van der Waals surface area (Å²) in [7, 11) is 0. The third-order valence-electron chi connectivity index (χ3n) is 2.58. The number of thiol groups is 1. The Labute approximate surface area is 106 Å². The average Bonchev–Trinajstić information content (AvgIpc) is 2.14. The van der Waals surface area contributed by atoms with Gasteiger partial charge in [-0.1, -0.05) is 45.9 Å². The van der Waals surface area contributed by atoms with Crippen molar-refractivity contribution >= 4 is 12.6 Å². The topological polar surface area (TPSA) is 0 Å². The third kappa shape index (κ3) is 4.61. The molecule has 0 bridgehead atoms. The zero-order chi connectivity index (χ0) is 12.1. The molecule has 0 fully saturated rings. The summed E-state index contributed by atoms with van der Waals surface area (Å²) in [6.45, 7) is 9.09. The van der Waals surface area contributed by atoms with Crippen LogP contribution < -0.4 is 0 Å². The molecule has 1 aromatic carbocycles. The molecule has 0 atom stereocenters. The molecule has 1 rings (SSSR count). The fraction of sp³-hybridized carbons (Fsp3) is 0.600. The average molecular weight is 236 g/mol. The van der Waals surface area contributed by atoms with Gasteiger partial charge in [0.2, 0.25) is 0 Å². The third-order valence-corrected chi connectivity index (χ3v) is 2.95. The lowest BCUT2D eigenvalue weighted by Gasteiger charge is -2.12. The van der Waals surface area contributed by atoms with E-state index in [2.05, 4.69) is 58.5 Å². The Morgan fingerprint density at radius 3 is 1.50 bits per heavy atom. The van der Waals surface area contributed by atoms with Crippen molar-refractivity contribution in [3.8, 4) is 0 Å². The standard InChI is InChI=1S/C15H24S/c1-11(2)5-13-7-14(6-12(3)4)9-15(8-13)10-16/h7-9,11-12,16H,5-6,10H2,1-4H3. The molecule has 0 aliphatic carbocycles. The van der Waals surface area contributed by atoms with Gasteiger partial charge in [-0.05, 0) is 41.4 Å². The van der Waals surface area contributed by atoms with Gasteiger partial charge in [0.25, 0.3) is 0 Å². The van der Waals surface area contributed by atoms with Crippen LogP contribution in [0.5, 0.6) is 0 Å². The Morgan fingerprint density at radius 1 is 0.812 bits per heavy atom. The van der Waals surface area contributed by atoms with Crippen molar-refractivity contribution < 1.29 is 0 Å². The summed E-state index contributed by atoms with van der Waals surface area (Å²) in [6, 6.07) is 6.97. The largest absolute Gasteiger partial charge is 0.175 e. The van der Waals surface area contributed by atoms with Crippen LogP contribution in [0.1, 0.15) is 44.4 Å². The highest BCUT2D eigenvalue weighted by Gasteiger charge is 2.04. The minimum Gasteiger partial charge on any atom is -0.175 e. The Kier molecular flexibility index (Phi) is 5.40. The Morgan fingerprint density at radius 2 is 1.19 bits per heavy atom. The minimum atomic E-state index is 0.724. The van der Waals surface area contributed by atoms with E-state index >= 15 is 0 Å². The SMILES string of the molecule is CC(C)Cc1cc(CS)cc(CC(C)C)c1. The van der Waals surface area contributed by atoms with Crippen LogP contribution in [0.3, 0.4) is 0 Å². The molecule has 0 saturated heterocycles. The lowest BCUT2D eigenvalue weighted by atomic mass is 9.95. The van der Waals surface area contributed by atoms with Gasteiger partial charge in [-0.3, -0.25) is 0 Å². The lowest BCUT2D eigenvalue weighted by molar-refractivity contribution is 0.635. The molecule has 0 heterocycles. The second-order valence-corrected chi connectivity index (χ2v) is 5.83. The van der Waals surface area contributed by atoms with Crippen molar-refractivity contribution in [2.75, 3.05) is 0 Å². The molecule has 0 aliphatic rings. The maximum atomic E-state index is 4.39. The number of hydrogen-bond donors (Lipinski definition) is 1. The quantitative estimate of drug-likeness (QED) is 0.714. The fourth-order valence-corrected chi connectivity index (χ4v) is 2.29. The molecule has 0 radical (unpaired) electrons. The van der Waals surface area contributed by atoms with E-state index in [9.17, 15) is 0 Å². The number of hydrogen-bond acceptors (Lipinski definition) is 1. The highest BCUT2D eigenvalue weighted by molar-refractivity contribution is 7.79. The molecule has 16 heavy (non-hydrogen) atoms. The van der Waals surface area contributed by atoms with Crippen molar-refractivity contribution in [2.24, 2.45) is 11.8 Å². The zero-order valence-electron chi connectivity index (χ0n) is 11.0. The van der Waals surface area contributed by atoms with Crippen LogP contribution in [0.25, 0.3) is 0 Å². The van der Waals surface area contributed by atoms with E-state index in [1.165, 1.54) is 29.5 Å². The molecule has 1 aromatic rings. The van der Waals surface area contributed by atoms with Gasteiger partial charge >= 0.3 is 0 Å². The first-order chi connectivity index (χ1) is 7.51. The molecular formula is C15H24S. The summed E-state index contributed by atoms with van der Waals surface area (Å²) in [5, 5.41) is 0. The molecule has 0 N–H and O–H groups in total. The van der Waals surface area contributed by atoms with E-state index < -0.39 is 0 Å². The normalized spacial score (nSPS) is 11.4. The van der Waals surface area contributed by atoms with Gasteiger partial charge in [-0.2, -0.15) is 12.6 Å². The summed E-state index contributed by atoms with van der Waals surface area (Å²) >= 11 is 4.39. The summed E-state index contributed by atoms with van der Waals surface area (Å²) in [5.41, 5.74) is 4.30. The van der Waals surface area contributed by atoms with Gasteiger partial charge in [-0.15, -0.1) is 0 Å². The van der Waals surface area contributed by atoms with Gasteiger partial charge in [0.1, 0.15) is 0 Å². The predicted molar refractivity (Wildman–Crippen MR) is 76.2 cm³/mol. The summed E-state index contributed by atoms with van der Waals surface area (Å²) in [5.74, 6) is 2.29. The van der Waals surface area contributed by atoms with E-state index in [1.54, 1.807) is 0 Å². The van der Waals surface area contributed by atoms with Gasteiger partial charge in [0.15, 0.2) is 0 Å². The molecule has 0 unspecified atom stereocenters. The maximum Gasteiger partial charge on any atom is 0.0154 e. The van der Waals surface area contributed by atoms with Crippen molar-refractivity contribution in [3.05, 3.63) is 34.9 Å². The van der Waals surface area contributed by atoms with E-state index in [-0.39, 0.29) is 0 Å². The second-order valence-electron chi connectivity index (χ2n) is 5.51. The van der Waals surface area contributed by atoms with Crippen LogP contribution in [0.4, 0.5) is 0 Å². The predicted octanol–water partition coefficient (Wildman–Crippen LogP) is 4.51. The molecule has 0 saturated carbocycles. The molecule has 90 valence electrons. The van der Waals surface area contributed by atoms with Crippen LogP contribution >= 0.6 is 12.6 Å². The van der Waals surface area contributed by atoms with Crippen LogP contribution in [0.15, 0.2) is 18.2 Å². The van der Waals surface area contributed by atoms with Crippen molar-refractivity contribution in [1.82, 2.24) is 0 Å². The zero-order valence-corrected chi connectivity index (χ0v) is 11.8. The van der Waals surface area contributed by atoms with Crippen molar-refractivity contribution in [2.45, 2.75) is 46.3 Å². The van der Waals surface area contributed by atoms with Crippen LogP contribution in [-0.4, -0.2) is 0 Å². The van der Waals surface area contributed by atoms with E-state index in [0.717, 1.165) is 17.6 Å². The first-order valence-electron chi connectivity index (χ1n) is 6.23. The van der Waals surface area contributed by atoms with Crippen molar-refractivity contribution in [1.29, 1.82) is 0 Å². The van der Waals surface area contributed by atoms with E-state index in [0.29, 0.717) is 0 Å². The first kappa shape index (κ1) is 13.6. The van der Waals surface area contributed by atoms with Crippen LogP contribution in [-0.2, 0) is 18.6 Å². The smallest absolute Gasteiger partial charge is 0.0154 e. The Balaban J connectivity index is 2.91. The molecule has 0 aliphatic heterocycles. The highest BCUT2D eigenvalue weighted by Crippen LogP contribution is 2.18. The number of benzene rings is 1. The summed E-state index contributed by atoms with van der Waals surface area (Å²) < 4.78 is 0. The van der Waals surface area contributed by atoms with Crippen molar-refractivity contribution in [3.63, 3.8) is 0 Å². The number of rotatable bonds is 5. The molecule has 0 spiro atoms. The fourth-order valence-electron chi connectivity index (χ4n) is 2.11. The minimum absolute atomic E-state index is 0.724. The van der Waals surface area contributed by atoms with E-state index in [1.807, 2.05) is 0 Å². The van der Waals surface area contributed by atoms with Crippen LogP contribution in [0.2, 0.25) is 0 Å². The maximum absolute atomic E-state index is 4.39. The first-order valence-corrected chi connectivity index (χ1v) is 6.87. The lowest BCUT2D eigenvalue weighted by Crippen LogP contribution is -2.00. The second kappa shape index (κ2) is 6.34. The molecular weight excluding hydrogens is 212 g/mol. The molecule has 0 amide bonds. The molecule has 0 nitrogen and oxygen atoms in total. The molecule has 0 aromatic heterocycles. The Bertz CT molecular complexity index is 298. The van der Waals surface area contributed by atoms with Gasteiger partial charge in [0.05, 0.1) is 0 Å². The Hall–Kier alpha value is -0.430. The monoisotopic (exact) mass is 236 g/mol. The highest BCUT2D eigenvalue weighted by atomic mass is 32.1. The molecule has 1 heteroatoms.